The van der Waals surface area contributed by atoms with E-state index in [2.05, 4.69) is 59.2 Å². The van der Waals surface area contributed by atoms with E-state index in [1.165, 1.54) is 11.9 Å². The Balaban J connectivity index is 0.00000208. The van der Waals surface area contributed by atoms with Crippen molar-refractivity contribution in [2.45, 2.75) is 46.2 Å². The number of para-hydroxylation sites is 2. The van der Waals surface area contributed by atoms with Gasteiger partial charge in [-0.2, -0.15) is 0 Å². The minimum Gasteiger partial charge on any atom is -0.357 e. The summed E-state index contributed by atoms with van der Waals surface area (Å²) in [6, 6.07) is 8.92. The zero-order valence-corrected chi connectivity index (χ0v) is 17.1. The number of hydrogen-bond acceptors (Lipinski definition) is 2. The molecule has 1 aromatic carbocycles. The molecule has 1 aliphatic carbocycles. The molecule has 1 fully saturated rings. The predicted molar refractivity (Wildman–Crippen MR) is 111 cm³/mol. The summed E-state index contributed by atoms with van der Waals surface area (Å²) in [5, 5.41) is 6.82. The van der Waals surface area contributed by atoms with E-state index in [0.29, 0.717) is 6.04 Å². The number of aromatic nitrogens is 2. The summed E-state index contributed by atoms with van der Waals surface area (Å²) in [6.45, 7) is 9.13. The molecule has 3 rings (SSSR count). The van der Waals surface area contributed by atoms with Crippen molar-refractivity contribution in [1.29, 1.82) is 0 Å². The summed E-state index contributed by atoms with van der Waals surface area (Å²) < 4.78 is 2.29. The maximum absolute atomic E-state index is 4.70. The molecule has 0 spiro atoms. The fourth-order valence-corrected chi connectivity index (χ4v) is 2.92. The second kappa shape index (κ2) is 8.69. The highest BCUT2D eigenvalue weighted by Gasteiger charge is 2.33. The van der Waals surface area contributed by atoms with Crippen molar-refractivity contribution >= 4 is 41.0 Å². The lowest BCUT2D eigenvalue weighted by Crippen LogP contribution is -2.39. The van der Waals surface area contributed by atoms with E-state index in [1.54, 1.807) is 0 Å². The number of imidazole rings is 1. The second-order valence-electron chi connectivity index (χ2n) is 6.38. The zero-order chi connectivity index (χ0) is 16.2. The van der Waals surface area contributed by atoms with Gasteiger partial charge in [0.05, 0.1) is 11.0 Å². The number of benzene rings is 1. The van der Waals surface area contributed by atoms with Crippen molar-refractivity contribution in [2.75, 3.05) is 13.1 Å². The van der Waals surface area contributed by atoms with Crippen molar-refractivity contribution < 1.29 is 0 Å². The lowest BCUT2D eigenvalue weighted by molar-refractivity contribution is 0.645. The van der Waals surface area contributed by atoms with E-state index < -0.39 is 0 Å². The Morgan fingerprint density at radius 3 is 2.83 bits per heavy atom. The van der Waals surface area contributed by atoms with Gasteiger partial charge in [0, 0.05) is 25.7 Å². The van der Waals surface area contributed by atoms with Crippen LogP contribution in [0.25, 0.3) is 11.0 Å². The molecule has 0 saturated heterocycles. The molecule has 0 amide bonds. The molecule has 1 aromatic heterocycles. The third-order valence-electron chi connectivity index (χ3n) is 4.43. The lowest BCUT2D eigenvalue weighted by atomic mass is 10.3. The first-order valence-corrected chi connectivity index (χ1v) is 8.65. The molecule has 132 valence electrons. The van der Waals surface area contributed by atoms with Crippen molar-refractivity contribution in [3.8, 4) is 0 Å². The van der Waals surface area contributed by atoms with Crippen LogP contribution in [0.15, 0.2) is 29.3 Å². The highest BCUT2D eigenvalue weighted by atomic mass is 127. The van der Waals surface area contributed by atoms with Crippen LogP contribution in [0.2, 0.25) is 0 Å². The molecule has 0 radical (unpaired) electrons. The Bertz CT molecular complexity index is 694. The Hall–Kier alpha value is -1.31. The van der Waals surface area contributed by atoms with E-state index in [0.717, 1.165) is 49.3 Å². The molecule has 5 nitrogen and oxygen atoms in total. The van der Waals surface area contributed by atoms with Gasteiger partial charge in [0.1, 0.15) is 5.82 Å². The summed E-state index contributed by atoms with van der Waals surface area (Å²) in [6.07, 6.45) is 2.27. The van der Waals surface area contributed by atoms with Gasteiger partial charge in [0.15, 0.2) is 5.96 Å². The van der Waals surface area contributed by atoms with Crippen LogP contribution in [0.4, 0.5) is 0 Å². The normalized spacial score (nSPS) is 19.9. The number of guanidine groups is 1. The van der Waals surface area contributed by atoms with Crippen LogP contribution < -0.4 is 10.6 Å². The molecule has 2 N–H and O–H groups in total. The molecule has 2 unspecified atom stereocenters. The van der Waals surface area contributed by atoms with Gasteiger partial charge in [-0.1, -0.05) is 19.1 Å². The number of rotatable bonds is 6. The summed E-state index contributed by atoms with van der Waals surface area (Å²) in [5.74, 6) is 2.81. The van der Waals surface area contributed by atoms with Gasteiger partial charge in [-0.05, 0) is 44.7 Å². The maximum atomic E-state index is 4.70. The largest absolute Gasteiger partial charge is 0.357 e. The molecule has 0 bridgehead atoms. The quantitative estimate of drug-likeness (QED) is 0.313. The van der Waals surface area contributed by atoms with Crippen LogP contribution in [0.3, 0.4) is 0 Å². The van der Waals surface area contributed by atoms with Gasteiger partial charge in [-0.25, -0.2) is 4.98 Å². The van der Waals surface area contributed by atoms with E-state index in [-0.39, 0.29) is 24.0 Å². The van der Waals surface area contributed by atoms with Crippen molar-refractivity contribution in [2.24, 2.45) is 10.9 Å². The van der Waals surface area contributed by atoms with Crippen LogP contribution in [0.1, 0.15) is 32.5 Å². The average Bonchev–Trinajstić information content (AvgIpc) is 3.13. The number of fused-ring (bicyclic) bond motifs is 1. The smallest absolute Gasteiger partial charge is 0.191 e. The van der Waals surface area contributed by atoms with Crippen molar-refractivity contribution in [3.05, 3.63) is 30.1 Å². The topological polar surface area (TPSA) is 54.2 Å². The molecule has 1 saturated carbocycles. The van der Waals surface area contributed by atoms with Crippen molar-refractivity contribution in [3.63, 3.8) is 0 Å². The van der Waals surface area contributed by atoms with E-state index in [4.69, 9.17) is 4.99 Å². The number of halogens is 1. The summed E-state index contributed by atoms with van der Waals surface area (Å²) in [4.78, 5) is 9.31. The van der Waals surface area contributed by atoms with E-state index >= 15 is 0 Å². The minimum absolute atomic E-state index is 0. The summed E-state index contributed by atoms with van der Waals surface area (Å²) in [7, 11) is 0. The average molecular weight is 441 g/mol. The molecule has 0 aliphatic heterocycles. The third kappa shape index (κ3) is 4.62. The molecule has 6 heteroatoms. The van der Waals surface area contributed by atoms with E-state index in [9.17, 15) is 0 Å². The third-order valence-corrected chi connectivity index (χ3v) is 4.43. The van der Waals surface area contributed by atoms with Gasteiger partial charge in [-0.3, -0.25) is 4.99 Å². The molecular weight excluding hydrogens is 413 g/mol. The Labute approximate surface area is 161 Å². The second-order valence-corrected chi connectivity index (χ2v) is 6.38. The van der Waals surface area contributed by atoms with Gasteiger partial charge in [-0.15, -0.1) is 24.0 Å². The number of nitrogens with one attached hydrogen (secondary N) is 2. The highest BCUT2D eigenvalue weighted by molar-refractivity contribution is 14.0. The minimum atomic E-state index is 0. The maximum Gasteiger partial charge on any atom is 0.191 e. The first kappa shape index (κ1) is 19.0. The molecule has 24 heavy (non-hydrogen) atoms. The van der Waals surface area contributed by atoms with Crippen LogP contribution in [-0.2, 0) is 6.54 Å². The van der Waals surface area contributed by atoms with Crippen LogP contribution in [-0.4, -0.2) is 34.6 Å². The molecule has 1 aliphatic rings. The Kier molecular flexibility index (Phi) is 6.89. The van der Waals surface area contributed by atoms with E-state index in [1.807, 2.05) is 6.07 Å². The van der Waals surface area contributed by atoms with Gasteiger partial charge in [0.25, 0.3) is 0 Å². The standard InChI is InChI=1S/C18H27N5.HI/c1-4-19-18(22-16-12-13(16)2)20-10-7-11-23-14(3)21-15-8-5-6-9-17(15)23;/h5-6,8-9,13,16H,4,7,10-12H2,1-3H3,(H2,19,20,22);1H. The summed E-state index contributed by atoms with van der Waals surface area (Å²) in [5.41, 5.74) is 2.29. The Morgan fingerprint density at radius 2 is 2.12 bits per heavy atom. The number of hydrogen-bond donors (Lipinski definition) is 2. The van der Waals surface area contributed by atoms with Gasteiger partial charge in [0.2, 0.25) is 0 Å². The lowest BCUT2D eigenvalue weighted by Gasteiger charge is -2.11. The summed E-state index contributed by atoms with van der Waals surface area (Å²) >= 11 is 0. The molecule has 1 heterocycles. The SMILES string of the molecule is CCNC(=NCCCn1c(C)nc2ccccc21)NC1CC1C.I. The van der Waals surface area contributed by atoms with Gasteiger partial charge >= 0.3 is 0 Å². The fraction of sp³-hybridized carbons (Fsp3) is 0.556. The first-order valence-electron chi connectivity index (χ1n) is 8.65. The first-order chi connectivity index (χ1) is 11.2. The molecule has 2 aromatic rings. The van der Waals surface area contributed by atoms with Gasteiger partial charge < -0.3 is 15.2 Å². The number of aliphatic imine (C=N–C) groups is 1. The number of nitrogens with zero attached hydrogens (tertiary/aromatic N) is 3. The zero-order valence-electron chi connectivity index (χ0n) is 14.7. The molecule has 2 atom stereocenters. The highest BCUT2D eigenvalue weighted by Crippen LogP contribution is 2.28. The Morgan fingerprint density at radius 1 is 1.38 bits per heavy atom. The monoisotopic (exact) mass is 441 g/mol. The van der Waals surface area contributed by atoms with Crippen LogP contribution in [0, 0.1) is 12.8 Å². The van der Waals surface area contributed by atoms with Crippen LogP contribution in [0.5, 0.6) is 0 Å². The molecular formula is C18H28IN5. The van der Waals surface area contributed by atoms with Crippen LogP contribution >= 0.6 is 24.0 Å². The number of aryl methyl sites for hydroxylation is 2. The predicted octanol–water partition coefficient (Wildman–Crippen LogP) is 3.32. The van der Waals surface area contributed by atoms with Crippen molar-refractivity contribution in [1.82, 2.24) is 20.2 Å². The fourth-order valence-electron chi connectivity index (χ4n) is 2.92.